The van der Waals surface area contributed by atoms with Crippen LogP contribution in [0, 0.1) is 5.41 Å². The third-order valence-electron chi connectivity index (χ3n) is 3.53. The number of aliphatic hydroxyl groups excluding tert-OH is 1. The van der Waals surface area contributed by atoms with Crippen molar-refractivity contribution in [3.63, 3.8) is 0 Å². The van der Waals surface area contributed by atoms with Gasteiger partial charge in [-0.1, -0.05) is 46.8 Å². The van der Waals surface area contributed by atoms with Crippen LogP contribution in [0.4, 0.5) is 0 Å². The van der Waals surface area contributed by atoms with Gasteiger partial charge in [0, 0.05) is 18.7 Å². The predicted molar refractivity (Wildman–Crippen MR) is 83.0 cm³/mol. The smallest absolute Gasteiger partial charge is 0.251 e. The molecule has 0 aliphatic carbocycles. The Hall–Kier alpha value is -1.35. The topological polar surface area (TPSA) is 49.3 Å². The maximum Gasteiger partial charge on any atom is 0.251 e. The highest BCUT2D eigenvalue weighted by molar-refractivity contribution is 5.94. The van der Waals surface area contributed by atoms with E-state index in [1.54, 1.807) is 0 Å². The molecule has 0 radical (unpaired) electrons. The summed E-state index contributed by atoms with van der Waals surface area (Å²) >= 11 is 0. The van der Waals surface area contributed by atoms with Gasteiger partial charge in [0.1, 0.15) is 0 Å². The highest BCUT2D eigenvalue weighted by Crippen LogP contribution is 2.22. The highest BCUT2D eigenvalue weighted by Gasteiger charge is 2.19. The second-order valence-corrected chi connectivity index (χ2v) is 7.15. The molecule has 1 rings (SSSR count). The van der Waals surface area contributed by atoms with Gasteiger partial charge in [-0.15, -0.1) is 0 Å². The first-order valence-electron chi connectivity index (χ1n) is 7.15. The molecule has 1 amide bonds. The fourth-order valence-electron chi connectivity index (χ4n) is 1.93. The van der Waals surface area contributed by atoms with Crippen LogP contribution in [-0.4, -0.2) is 24.2 Å². The van der Waals surface area contributed by atoms with Crippen molar-refractivity contribution in [1.29, 1.82) is 0 Å². The Morgan fingerprint density at radius 3 is 2.10 bits per heavy atom. The minimum absolute atomic E-state index is 0.0588. The summed E-state index contributed by atoms with van der Waals surface area (Å²) in [4.78, 5) is 12.1. The molecule has 0 bridgehead atoms. The van der Waals surface area contributed by atoms with Crippen molar-refractivity contribution in [2.75, 3.05) is 13.2 Å². The Morgan fingerprint density at radius 2 is 1.65 bits per heavy atom. The van der Waals surface area contributed by atoms with Gasteiger partial charge in [0.25, 0.3) is 5.91 Å². The van der Waals surface area contributed by atoms with E-state index in [9.17, 15) is 4.79 Å². The van der Waals surface area contributed by atoms with Gasteiger partial charge in [-0.3, -0.25) is 4.79 Å². The van der Waals surface area contributed by atoms with Crippen LogP contribution in [-0.2, 0) is 5.41 Å². The summed E-state index contributed by atoms with van der Waals surface area (Å²) in [6.07, 6.45) is 0.677. The molecule has 0 unspecified atom stereocenters. The number of amides is 1. The number of carbonyl (C=O) groups is 1. The lowest BCUT2D eigenvalue weighted by Gasteiger charge is -2.24. The quantitative estimate of drug-likeness (QED) is 0.868. The summed E-state index contributed by atoms with van der Waals surface area (Å²) in [6.45, 7) is 11.2. The number of benzene rings is 1. The Bertz CT molecular complexity index is 441. The molecule has 1 aromatic rings. The highest BCUT2D eigenvalue weighted by atomic mass is 16.3. The normalized spacial score (nSPS) is 12.3. The maximum absolute atomic E-state index is 12.1. The van der Waals surface area contributed by atoms with Gasteiger partial charge in [-0.2, -0.15) is 0 Å². The van der Waals surface area contributed by atoms with Crippen LogP contribution in [0.25, 0.3) is 0 Å². The fourth-order valence-corrected chi connectivity index (χ4v) is 1.93. The summed E-state index contributed by atoms with van der Waals surface area (Å²) in [5.74, 6) is -0.0588. The van der Waals surface area contributed by atoms with Gasteiger partial charge in [0.2, 0.25) is 0 Å². The number of hydrogen-bond acceptors (Lipinski definition) is 2. The van der Waals surface area contributed by atoms with Gasteiger partial charge in [0.05, 0.1) is 0 Å². The van der Waals surface area contributed by atoms with Crippen molar-refractivity contribution in [2.24, 2.45) is 5.41 Å². The van der Waals surface area contributed by atoms with Gasteiger partial charge in [-0.05, 0) is 34.9 Å². The Kier molecular flexibility index (Phi) is 5.35. The molecule has 0 saturated heterocycles. The Morgan fingerprint density at radius 1 is 1.10 bits per heavy atom. The molecular weight excluding hydrogens is 250 g/mol. The summed E-state index contributed by atoms with van der Waals surface area (Å²) in [5.41, 5.74) is 1.90. The molecule has 20 heavy (non-hydrogen) atoms. The van der Waals surface area contributed by atoms with Crippen LogP contribution >= 0.6 is 0 Å². The summed E-state index contributed by atoms with van der Waals surface area (Å²) in [5, 5.41) is 11.9. The lowest BCUT2D eigenvalue weighted by Crippen LogP contribution is -2.34. The second kappa shape index (κ2) is 6.40. The van der Waals surface area contributed by atoms with Crippen molar-refractivity contribution in [2.45, 2.75) is 46.5 Å². The van der Waals surface area contributed by atoms with Crippen molar-refractivity contribution in [3.05, 3.63) is 35.4 Å². The van der Waals surface area contributed by atoms with E-state index in [4.69, 9.17) is 5.11 Å². The first kappa shape index (κ1) is 16.7. The molecule has 3 nitrogen and oxygen atoms in total. The Labute approximate surface area is 122 Å². The van der Waals surface area contributed by atoms with E-state index in [0.717, 1.165) is 0 Å². The first-order valence-corrected chi connectivity index (χ1v) is 7.15. The monoisotopic (exact) mass is 277 g/mol. The molecule has 0 aromatic heterocycles. The van der Waals surface area contributed by atoms with Crippen LogP contribution in [0.15, 0.2) is 24.3 Å². The third kappa shape index (κ3) is 4.97. The molecule has 0 heterocycles. The molecule has 0 aliphatic rings. The molecule has 0 saturated carbocycles. The van der Waals surface area contributed by atoms with Crippen LogP contribution in [0.1, 0.15) is 57.0 Å². The van der Waals surface area contributed by atoms with E-state index in [1.165, 1.54) is 5.56 Å². The average Bonchev–Trinajstić information content (AvgIpc) is 2.35. The van der Waals surface area contributed by atoms with E-state index in [2.05, 4.69) is 26.1 Å². The van der Waals surface area contributed by atoms with Crippen LogP contribution in [0.3, 0.4) is 0 Å². The fraction of sp³-hybridized carbons (Fsp3) is 0.588. The zero-order chi connectivity index (χ0) is 15.4. The van der Waals surface area contributed by atoms with Crippen molar-refractivity contribution in [3.8, 4) is 0 Å². The SMILES string of the molecule is CC(C)(CCO)CNC(=O)c1ccc(C(C)(C)C)cc1. The van der Waals surface area contributed by atoms with Crippen molar-refractivity contribution >= 4 is 5.91 Å². The number of carbonyl (C=O) groups excluding carboxylic acids is 1. The molecule has 1 aromatic carbocycles. The minimum atomic E-state index is -0.0875. The van der Waals surface area contributed by atoms with Gasteiger partial charge in [0.15, 0.2) is 0 Å². The average molecular weight is 277 g/mol. The molecule has 2 N–H and O–H groups in total. The zero-order valence-electron chi connectivity index (χ0n) is 13.3. The number of aliphatic hydroxyl groups is 1. The van der Waals surface area contributed by atoms with Gasteiger partial charge in [-0.25, -0.2) is 0 Å². The maximum atomic E-state index is 12.1. The van der Waals surface area contributed by atoms with Crippen molar-refractivity contribution < 1.29 is 9.90 Å². The van der Waals surface area contributed by atoms with Crippen LogP contribution < -0.4 is 5.32 Å². The Balaban J connectivity index is 2.65. The largest absolute Gasteiger partial charge is 0.396 e. The predicted octanol–water partition coefficient (Wildman–Crippen LogP) is 3.12. The summed E-state index contributed by atoms with van der Waals surface area (Å²) in [7, 11) is 0. The third-order valence-corrected chi connectivity index (χ3v) is 3.53. The van der Waals surface area contributed by atoms with E-state index >= 15 is 0 Å². The minimum Gasteiger partial charge on any atom is -0.396 e. The van der Waals surface area contributed by atoms with E-state index < -0.39 is 0 Å². The molecule has 0 spiro atoms. The van der Waals surface area contributed by atoms with Crippen LogP contribution in [0.2, 0.25) is 0 Å². The van der Waals surface area contributed by atoms with Gasteiger partial charge >= 0.3 is 0 Å². The number of hydrogen-bond donors (Lipinski definition) is 2. The molecule has 0 atom stereocenters. The summed E-state index contributed by atoms with van der Waals surface area (Å²) in [6, 6.07) is 7.76. The van der Waals surface area contributed by atoms with E-state index in [1.807, 2.05) is 38.1 Å². The molecule has 0 fully saturated rings. The zero-order valence-corrected chi connectivity index (χ0v) is 13.3. The van der Waals surface area contributed by atoms with E-state index in [0.29, 0.717) is 18.5 Å². The standard InChI is InChI=1S/C17H27NO2/c1-16(2,3)14-8-6-13(7-9-14)15(20)18-12-17(4,5)10-11-19/h6-9,19H,10-12H2,1-5H3,(H,18,20). The number of nitrogens with one attached hydrogen (secondary N) is 1. The van der Waals surface area contributed by atoms with Crippen LogP contribution in [0.5, 0.6) is 0 Å². The van der Waals surface area contributed by atoms with Gasteiger partial charge < -0.3 is 10.4 Å². The molecular formula is C17H27NO2. The lowest BCUT2D eigenvalue weighted by atomic mass is 9.86. The lowest BCUT2D eigenvalue weighted by molar-refractivity contribution is 0.0928. The molecule has 0 aliphatic heterocycles. The van der Waals surface area contributed by atoms with Crippen molar-refractivity contribution in [1.82, 2.24) is 5.32 Å². The molecule has 3 heteroatoms. The summed E-state index contributed by atoms with van der Waals surface area (Å²) < 4.78 is 0. The first-order chi connectivity index (χ1) is 9.15. The second-order valence-electron chi connectivity index (χ2n) is 7.15. The number of rotatable bonds is 5. The van der Waals surface area contributed by atoms with E-state index in [-0.39, 0.29) is 23.3 Å². The molecule has 112 valence electrons.